The van der Waals surface area contributed by atoms with E-state index < -0.39 is 10.8 Å². The van der Waals surface area contributed by atoms with Crippen LogP contribution in [0.5, 0.6) is 0 Å². The average Bonchev–Trinajstić information content (AvgIpc) is 2.77. The van der Waals surface area contributed by atoms with E-state index in [2.05, 4.69) is 5.10 Å². The fraction of sp³-hybridized carbons (Fsp3) is 0.250. The van der Waals surface area contributed by atoms with Gasteiger partial charge in [-0.15, -0.1) is 0 Å². The van der Waals surface area contributed by atoms with Crippen LogP contribution in [0.3, 0.4) is 0 Å². The first-order valence-electron chi connectivity index (χ1n) is 5.44. The molecule has 0 spiro atoms. The summed E-state index contributed by atoms with van der Waals surface area (Å²) in [4.78, 5) is 0.795. The predicted octanol–water partition coefficient (Wildman–Crippen LogP) is 1.79. The van der Waals surface area contributed by atoms with E-state index in [4.69, 9.17) is 5.73 Å². The van der Waals surface area contributed by atoms with E-state index in [1.165, 1.54) is 0 Å². The third kappa shape index (κ3) is 2.94. The molecule has 1 heterocycles. The lowest BCUT2D eigenvalue weighted by molar-refractivity contribution is 0.659. The predicted molar refractivity (Wildman–Crippen MR) is 68.9 cm³/mol. The van der Waals surface area contributed by atoms with Gasteiger partial charge in [0.15, 0.2) is 0 Å². The molecule has 0 saturated carbocycles. The van der Waals surface area contributed by atoms with Gasteiger partial charge in [-0.05, 0) is 31.2 Å². The van der Waals surface area contributed by atoms with E-state index in [9.17, 15) is 4.21 Å². The first kappa shape index (κ1) is 11.9. The van der Waals surface area contributed by atoms with Crippen LogP contribution in [0.2, 0.25) is 0 Å². The number of aryl methyl sites for hydroxylation is 1. The fourth-order valence-electron chi connectivity index (χ4n) is 1.51. The van der Waals surface area contributed by atoms with Gasteiger partial charge in [0, 0.05) is 28.9 Å². The number of hydrogen-bond acceptors (Lipinski definition) is 3. The molecule has 4 nitrogen and oxygen atoms in total. The molecule has 17 heavy (non-hydrogen) atoms. The van der Waals surface area contributed by atoms with Crippen LogP contribution < -0.4 is 5.73 Å². The van der Waals surface area contributed by atoms with Crippen LogP contribution in [0, 0.1) is 0 Å². The van der Waals surface area contributed by atoms with Gasteiger partial charge in [-0.3, -0.25) is 8.89 Å². The van der Waals surface area contributed by atoms with E-state index in [1.807, 2.05) is 17.8 Å². The molecule has 1 unspecified atom stereocenters. The van der Waals surface area contributed by atoms with Gasteiger partial charge in [0.05, 0.1) is 22.7 Å². The third-order valence-corrected chi connectivity index (χ3v) is 3.84. The molecule has 5 heteroatoms. The number of hydrogen-bond donors (Lipinski definition) is 1. The lowest BCUT2D eigenvalue weighted by atomic mass is 10.3. The number of anilines is 1. The van der Waals surface area contributed by atoms with Gasteiger partial charge in [0.25, 0.3) is 0 Å². The Morgan fingerprint density at radius 3 is 2.65 bits per heavy atom. The van der Waals surface area contributed by atoms with Crippen molar-refractivity contribution in [1.29, 1.82) is 0 Å². The normalized spacial score (nSPS) is 12.5. The molecule has 1 aromatic carbocycles. The standard InChI is InChI=1S/C12H15N3OS/c1-2-15-8-10(7-14-15)9-17(16)12-5-3-11(13)4-6-12/h3-8H,2,9,13H2,1H3. The average molecular weight is 249 g/mol. The Labute approximate surface area is 103 Å². The van der Waals surface area contributed by atoms with Gasteiger partial charge in [-0.1, -0.05) is 0 Å². The van der Waals surface area contributed by atoms with Crippen molar-refractivity contribution in [3.63, 3.8) is 0 Å². The van der Waals surface area contributed by atoms with Crippen molar-refractivity contribution in [2.24, 2.45) is 0 Å². The Morgan fingerprint density at radius 2 is 2.06 bits per heavy atom. The third-order valence-electron chi connectivity index (χ3n) is 2.45. The Balaban J connectivity index is 2.08. The van der Waals surface area contributed by atoms with Gasteiger partial charge in [0.2, 0.25) is 0 Å². The Bertz CT molecular complexity index is 519. The quantitative estimate of drug-likeness (QED) is 0.840. The van der Waals surface area contributed by atoms with E-state index in [0.717, 1.165) is 17.0 Å². The molecule has 0 radical (unpaired) electrons. The molecule has 2 aromatic rings. The van der Waals surface area contributed by atoms with Crippen LogP contribution in [0.15, 0.2) is 41.6 Å². The number of aromatic nitrogens is 2. The van der Waals surface area contributed by atoms with Crippen molar-refractivity contribution in [2.75, 3.05) is 5.73 Å². The topological polar surface area (TPSA) is 60.9 Å². The minimum atomic E-state index is -1.04. The minimum absolute atomic E-state index is 0.490. The van der Waals surface area contributed by atoms with E-state index in [1.54, 1.807) is 30.5 Å². The summed E-state index contributed by atoms with van der Waals surface area (Å²) in [6.07, 6.45) is 3.69. The van der Waals surface area contributed by atoms with Gasteiger partial charge < -0.3 is 5.73 Å². The van der Waals surface area contributed by atoms with Gasteiger partial charge in [-0.25, -0.2) is 0 Å². The molecule has 1 atom stereocenters. The van der Waals surface area contributed by atoms with Crippen molar-refractivity contribution in [2.45, 2.75) is 24.1 Å². The van der Waals surface area contributed by atoms with Crippen molar-refractivity contribution in [3.8, 4) is 0 Å². The molecular weight excluding hydrogens is 234 g/mol. The molecule has 2 N–H and O–H groups in total. The highest BCUT2D eigenvalue weighted by Gasteiger charge is 2.06. The van der Waals surface area contributed by atoms with E-state index in [-0.39, 0.29) is 0 Å². The Hall–Kier alpha value is -1.62. The molecule has 0 aliphatic rings. The lowest BCUT2D eigenvalue weighted by Crippen LogP contribution is -1.96. The van der Waals surface area contributed by atoms with Crippen LogP contribution in [-0.2, 0) is 23.1 Å². The van der Waals surface area contributed by atoms with Crippen LogP contribution in [0.4, 0.5) is 5.69 Å². The van der Waals surface area contributed by atoms with Crippen molar-refractivity contribution < 1.29 is 4.21 Å². The summed E-state index contributed by atoms with van der Waals surface area (Å²) in [6.45, 7) is 2.85. The van der Waals surface area contributed by atoms with Gasteiger partial charge in [-0.2, -0.15) is 5.10 Å². The monoisotopic (exact) mass is 249 g/mol. The Morgan fingerprint density at radius 1 is 1.35 bits per heavy atom. The molecule has 1 aromatic heterocycles. The highest BCUT2D eigenvalue weighted by molar-refractivity contribution is 7.84. The number of nitrogen functional groups attached to an aromatic ring is 1. The van der Waals surface area contributed by atoms with Crippen molar-refractivity contribution in [3.05, 3.63) is 42.2 Å². The molecule has 90 valence electrons. The van der Waals surface area contributed by atoms with Crippen LogP contribution in [0.1, 0.15) is 12.5 Å². The molecular formula is C12H15N3OS. The number of nitrogens with two attached hydrogens (primary N) is 1. The fourth-order valence-corrected chi connectivity index (χ4v) is 2.57. The number of rotatable bonds is 4. The van der Waals surface area contributed by atoms with Gasteiger partial charge in [0.1, 0.15) is 0 Å². The maximum atomic E-state index is 12.1. The summed E-state index contributed by atoms with van der Waals surface area (Å²) in [5.74, 6) is 0.490. The number of benzene rings is 1. The second-order valence-electron chi connectivity index (χ2n) is 3.76. The molecule has 0 bridgehead atoms. The zero-order valence-electron chi connectivity index (χ0n) is 9.67. The molecule has 0 saturated heterocycles. The second-order valence-corrected chi connectivity index (χ2v) is 5.21. The summed E-state index contributed by atoms with van der Waals surface area (Å²) in [7, 11) is -1.04. The van der Waals surface area contributed by atoms with Crippen molar-refractivity contribution in [1.82, 2.24) is 9.78 Å². The first-order chi connectivity index (χ1) is 8.19. The SMILES string of the molecule is CCn1cc(CS(=O)c2ccc(N)cc2)cn1. The lowest BCUT2D eigenvalue weighted by Gasteiger charge is -2.00. The molecule has 2 rings (SSSR count). The second kappa shape index (κ2) is 5.14. The summed E-state index contributed by atoms with van der Waals surface area (Å²) in [5.41, 5.74) is 7.26. The minimum Gasteiger partial charge on any atom is -0.399 e. The maximum Gasteiger partial charge on any atom is 0.0575 e. The summed E-state index contributed by atoms with van der Waals surface area (Å²) in [5, 5.41) is 4.16. The number of nitrogens with zero attached hydrogens (tertiary/aromatic N) is 2. The van der Waals surface area contributed by atoms with E-state index in [0.29, 0.717) is 11.4 Å². The zero-order valence-corrected chi connectivity index (χ0v) is 10.5. The van der Waals surface area contributed by atoms with Crippen LogP contribution in [0.25, 0.3) is 0 Å². The van der Waals surface area contributed by atoms with E-state index >= 15 is 0 Å². The Kier molecular flexibility index (Phi) is 3.58. The molecule has 0 aliphatic carbocycles. The first-order valence-corrected chi connectivity index (χ1v) is 6.76. The van der Waals surface area contributed by atoms with Crippen LogP contribution in [-0.4, -0.2) is 14.0 Å². The highest BCUT2D eigenvalue weighted by atomic mass is 32.2. The summed E-state index contributed by atoms with van der Waals surface area (Å²) >= 11 is 0. The highest BCUT2D eigenvalue weighted by Crippen LogP contribution is 2.13. The van der Waals surface area contributed by atoms with Crippen molar-refractivity contribution >= 4 is 16.5 Å². The molecule has 0 aliphatic heterocycles. The summed E-state index contributed by atoms with van der Waals surface area (Å²) in [6, 6.07) is 7.14. The zero-order chi connectivity index (χ0) is 12.3. The smallest absolute Gasteiger partial charge is 0.0575 e. The maximum absolute atomic E-state index is 12.1. The molecule has 0 amide bonds. The summed E-state index contributed by atoms with van der Waals surface area (Å²) < 4.78 is 13.9. The van der Waals surface area contributed by atoms with Gasteiger partial charge >= 0.3 is 0 Å². The van der Waals surface area contributed by atoms with Crippen LogP contribution >= 0.6 is 0 Å². The molecule has 0 fully saturated rings. The largest absolute Gasteiger partial charge is 0.399 e.